The Kier molecular flexibility index (Phi) is 7.19. The van der Waals surface area contributed by atoms with Gasteiger partial charge in [-0.3, -0.25) is 15.1 Å². The number of methoxy groups -OCH3 is 1. The highest BCUT2D eigenvalue weighted by atomic mass is 31.1. The molecular formula is C13H14N3O4P. The van der Waals surface area contributed by atoms with E-state index in [9.17, 15) is 15.0 Å². The Labute approximate surface area is 123 Å². The van der Waals surface area contributed by atoms with Crippen LogP contribution in [0.1, 0.15) is 12.0 Å². The molecule has 0 amide bonds. The number of nitriles is 1. The van der Waals surface area contributed by atoms with E-state index in [0.717, 1.165) is 0 Å². The highest BCUT2D eigenvalue weighted by Gasteiger charge is 2.06. The first-order valence-electron chi connectivity index (χ1n) is 6.00. The van der Waals surface area contributed by atoms with Gasteiger partial charge in [0, 0.05) is 31.9 Å². The molecule has 0 fully saturated rings. The van der Waals surface area contributed by atoms with Crippen LogP contribution in [0.4, 0.5) is 5.69 Å². The van der Waals surface area contributed by atoms with Gasteiger partial charge in [0.15, 0.2) is 0 Å². The van der Waals surface area contributed by atoms with Crippen molar-refractivity contribution in [3.63, 3.8) is 0 Å². The number of rotatable bonds is 7. The van der Waals surface area contributed by atoms with Gasteiger partial charge in [0.1, 0.15) is 6.04 Å². The van der Waals surface area contributed by atoms with Gasteiger partial charge in [0.2, 0.25) is 6.35 Å². The number of non-ortho nitro benzene ring substituents is 1. The molecule has 110 valence electrons. The Morgan fingerprint density at radius 3 is 2.71 bits per heavy atom. The summed E-state index contributed by atoms with van der Waals surface area (Å²) in [7, 11) is -0.139. The van der Waals surface area contributed by atoms with Gasteiger partial charge in [0.05, 0.1) is 24.6 Å². The fraction of sp³-hybridized carbons (Fsp3) is 0.308. The molecule has 0 aliphatic rings. The lowest BCUT2D eigenvalue weighted by molar-refractivity contribution is -0.384. The molecule has 2 atom stereocenters. The van der Waals surface area contributed by atoms with E-state index < -0.39 is 18.7 Å². The Hall–Kier alpha value is -2.13. The summed E-state index contributed by atoms with van der Waals surface area (Å²) >= 11 is 0. The summed E-state index contributed by atoms with van der Waals surface area (Å²) in [6.45, 7) is 0. The predicted octanol–water partition coefficient (Wildman–Crippen LogP) is 1.46. The molecule has 0 aliphatic heterocycles. The molecule has 0 N–H and O–H groups in total. The van der Waals surface area contributed by atoms with Gasteiger partial charge in [-0.1, -0.05) is 0 Å². The van der Waals surface area contributed by atoms with Gasteiger partial charge < -0.3 is 9.63 Å². The normalized spacial score (nSPS) is 13.1. The van der Waals surface area contributed by atoms with E-state index in [1.54, 1.807) is 12.1 Å². The van der Waals surface area contributed by atoms with Crippen molar-refractivity contribution in [3.05, 3.63) is 39.9 Å². The molecule has 2 unspecified atom stereocenters. The fourth-order valence-electron chi connectivity index (χ4n) is 1.40. The second kappa shape index (κ2) is 8.93. The van der Waals surface area contributed by atoms with Gasteiger partial charge in [0.25, 0.3) is 5.69 Å². The molecule has 7 nitrogen and oxygen atoms in total. The van der Waals surface area contributed by atoms with Crippen molar-refractivity contribution in [2.75, 3.05) is 13.5 Å². The molecule has 8 heteroatoms. The van der Waals surface area contributed by atoms with E-state index in [1.807, 2.05) is 6.07 Å². The maximum Gasteiger partial charge on any atom is 0.269 e. The maximum absolute atomic E-state index is 11.4. The molecule has 0 aromatic heterocycles. The molecule has 0 aliphatic carbocycles. The Morgan fingerprint density at radius 2 is 2.19 bits per heavy atom. The summed E-state index contributed by atoms with van der Waals surface area (Å²) < 4.78 is 4.74. The zero-order valence-electron chi connectivity index (χ0n) is 11.4. The third kappa shape index (κ3) is 6.23. The Bertz CT molecular complexity index is 578. The van der Waals surface area contributed by atoms with Crippen LogP contribution in [0.3, 0.4) is 0 Å². The first-order chi connectivity index (χ1) is 10.1. The van der Waals surface area contributed by atoms with Crippen LogP contribution < -0.4 is 4.89 Å². The SMILES string of the molecule is COC[P+]([O-])=CCC(C#N)N=Cc1ccc([N+](=O)[O-])cc1. The van der Waals surface area contributed by atoms with Gasteiger partial charge in [-0.05, 0) is 17.7 Å². The van der Waals surface area contributed by atoms with Crippen molar-refractivity contribution in [3.8, 4) is 6.07 Å². The summed E-state index contributed by atoms with van der Waals surface area (Å²) in [5.41, 5.74) is 0.649. The van der Waals surface area contributed by atoms with Crippen LogP contribution in [-0.2, 0) is 4.74 Å². The highest BCUT2D eigenvalue weighted by molar-refractivity contribution is 7.49. The molecule has 0 heterocycles. The minimum absolute atomic E-state index is 0.00567. The molecule has 1 aromatic rings. The van der Waals surface area contributed by atoms with Crippen molar-refractivity contribution in [1.82, 2.24) is 0 Å². The smallest absolute Gasteiger partial charge is 0.269 e. The first kappa shape index (κ1) is 16.9. The number of nitro benzene ring substituents is 1. The molecule has 0 saturated heterocycles. The van der Waals surface area contributed by atoms with Gasteiger partial charge >= 0.3 is 0 Å². The van der Waals surface area contributed by atoms with E-state index in [0.29, 0.717) is 5.56 Å². The Balaban J connectivity index is 2.66. The van der Waals surface area contributed by atoms with Crippen LogP contribution in [0.2, 0.25) is 0 Å². The number of hydrogen-bond donors (Lipinski definition) is 0. The average Bonchev–Trinajstić information content (AvgIpc) is 2.48. The zero-order valence-corrected chi connectivity index (χ0v) is 12.3. The van der Waals surface area contributed by atoms with Crippen molar-refractivity contribution < 1.29 is 14.6 Å². The van der Waals surface area contributed by atoms with Crippen molar-refractivity contribution in [1.29, 1.82) is 5.26 Å². The molecule has 0 radical (unpaired) electrons. The zero-order chi connectivity index (χ0) is 15.7. The van der Waals surface area contributed by atoms with E-state index in [1.165, 1.54) is 31.3 Å². The number of ether oxygens (including phenoxy) is 1. The van der Waals surface area contributed by atoms with E-state index in [2.05, 4.69) is 4.99 Å². The molecular weight excluding hydrogens is 293 g/mol. The van der Waals surface area contributed by atoms with Crippen LogP contribution in [0, 0.1) is 21.4 Å². The number of nitro groups is 1. The minimum Gasteiger partial charge on any atom is -0.629 e. The van der Waals surface area contributed by atoms with Gasteiger partial charge in [-0.2, -0.15) is 5.26 Å². The quantitative estimate of drug-likeness (QED) is 0.327. The van der Waals surface area contributed by atoms with E-state index in [-0.39, 0.29) is 18.5 Å². The summed E-state index contributed by atoms with van der Waals surface area (Å²) in [5.74, 6) is 1.51. The maximum atomic E-state index is 11.4. The summed E-state index contributed by atoms with van der Waals surface area (Å²) in [5, 5.41) is 19.5. The van der Waals surface area contributed by atoms with E-state index >= 15 is 0 Å². The standard InChI is InChI=1S/C13H14N3O4P/c1-20-10-21(19)7-6-12(8-14)15-9-11-2-4-13(5-3-11)16(17)18/h2-5,7,9,12H,6,10H2,1H3. The van der Waals surface area contributed by atoms with Crippen molar-refractivity contribution >= 4 is 25.5 Å². The van der Waals surface area contributed by atoms with E-state index in [4.69, 9.17) is 10.00 Å². The second-order valence-electron chi connectivity index (χ2n) is 4.02. The van der Waals surface area contributed by atoms with Gasteiger partial charge in [-0.15, -0.1) is 0 Å². The third-order valence-corrected chi connectivity index (χ3v) is 3.58. The molecule has 1 aromatic carbocycles. The molecule has 1 rings (SSSR count). The van der Waals surface area contributed by atoms with Crippen LogP contribution in [0.25, 0.3) is 0 Å². The number of nitrogens with zero attached hydrogens (tertiary/aromatic N) is 3. The Morgan fingerprint density at radius 1 is 1.52 bits per heavy atom. The lowest BCUT2D eigenvalue weighted by Crippen LogP contribution is -2.04. The lowest BCUT2D eigenvalue weighted by Gasteiger charge is -2.00. The summed E-state index contributed by atoms with van der Waals surface area (Å²) in [6, 6.07) is 7.17. The second-order valence-corrected chi connectivity index (χ2v) is 5.48. The molecule has 21 heavy (non-hydrogen) atoms. The lowest BCUT2D eigenvalue weighted by atomic mass is 10.2. The van der Waals surface area contributed by atoms with Crippen LogP contribution >= 0.6 is 7.77 Å². The third-order valence-electron chi connectivity index (χ3n) is 2.45. The molecule has 0 bridgehead atoms. The molecule has 0 spiro atoms. The predicted molar refractivity (Wildman–Crippen MR) is 79.6 cm³/mol. The van der Waals surface area contributed by atoms with Crippen LogP contribution in [-0.4, -0.2) is 36.4 Å². The highest BCUT2D eigenvalue weighted by Crippen LogP contribution is 2.12. The number of benzene rings is 1. The van der Waals surface area contributed by atoms with Crippen molar-refractivity contribution in [2.24, 2.45) is 4.99 Å². The largest absolute Gasteiger partial charge is 0.629 e. The molecule has 0 saturated carbocycles. The van der Waals surface area contributed by atoms with Gasteiger partial charge in [-0.25, -0.2) is 0 Å². The fourth-order valence-corrected chi connectivity index (χ4v) is 2.20. The topological polar surface area (TPSA) is 112 Å². The summed E-state index contributed by atoms with van der Waals surface area (Å²) in [6.07, 6.45) is 1.85. The summed E-state index contributed by atoms with van der Waals surface area (Å²) in [4.78, 5) is 25.5. The number of aliphatic imine (C=N–C) groups is 1. The van der Waals surface area contributed by atoms with Crippen LogP contribution in [0.5, 0.6) is 0 Å². The average molecular weight is 307 g/mol. The van der Waals surface area contributed by atoms with Crippen LogP contribution in [0.15, 0.2) is 29.3 Å². The number of hydrogen-bond acceptors (Lipinski definition) is 6. The first-order valence-corrected chi connectivity index (χ1v) is 7.51. The minimum atomic E-state index is -1.59. The van der Waals surface area contributed by atoms with Crippen molar-refractivity contribution in [2.45, 2.75) is 12.5 Å². The monoisotopic (exact) mass is 307 g/mol.